The van der Waals surface area contributed by atoms with E-state index in [1.165, 1.54) is 0 Å². The zero-order valence-corrected chi connectivity index (χ0v) is 18.0. The number of ether oxygens (including phenoxy) is 2. The molecule has 30 heavy (non-hydrogen) atoms. The van der Waals surface area contributed by atoms with Gasteiger partial charge in [-0.3, -0.25) is 9.48 Å². The Morgan fingerprint density at radius 2 is 2.00 bits per heavy atom. The van der Waals surface area contributed by atoms with E-state index in [1.807, 2.05) is 61.7 Å². The van der Waals surface area contributed by atoms with Crippen LogP contribution < -0.4 is 4.74 Å². The molecule has 3 aromatic rings. The monoisotopic (exact) mass is 409 g/mol. The normalized spacial score (nSPS) is 16.7. The highest BCUT2D eigenvalue weighted by molar-refractivity contribution is 5.95. The van der Waals surface area contributed by atoms with Crippen LogP contribution in [-0.4, -0.2) is 57.2 Å². The molecule has 1 atom stereocenters. The average molecular weight is 409 g/mol. The maximum Gasteiger partial charge on any atom is 0.257 e. The second-order valence-corrected chi connectivity index (χ2v) is 7.59. The first-order valence-corrected chi connectivity index (χ1v) is 10.00. The quantitative estimate of drug-likeness (QED) is 0.662. The van der Waals surface area contributed by atoms with E-state index in [4.69, 9.17) is 14.6 Å². The molecular weight excluding hydrogens is 382 g/mol. The second-order valence-electron chi connectivity index (χ2n) is 7.59. The lowest BCUT2D eigenvalue weighted by Crippen LogP contribution is -2.44. The summed E-state index contributed by atoms with van der Waals surface area (Å²) < 4.78 is 14.7. The van der Waals surface area contributed by atoms with Crippen molar-refractivity contribution < 1.29 is 14.3 Å². The number of aromatic nitrogens is 4. The van der Waals surface area contributed by atoms with E-state index in [0.29, 0.717) is 25.3 Å². The Morgan fingerprint density at radius 1 is 1.20 bits per heavy atom. The van der Waals surface area contributed by atoms with Crippen LogP contribution in [0, 0.1) is 20.8 Å². The van der Waals surface area contributed by atoms with Gasteiger partial charge in [0.1, 0.15) is 5.75 Å². The maximum atomic E-state index is 13.4. The minimum atomic E-state index is -0.204. The van der Waals surface area contributed by atoms with E-state index >= 15 is 0 Å². The second kappa shape index (κ2) is 7.95. The topological polar surface area (TPSA) is 74.4 Å². The van der Waals surface area contributed by atoms with E-state index < -0.39 is 0 Å². The minimum Gasteiger partial charge on any atom is -0.497 e. The van der Waals surface area contributed by atoms with E-state index in [9.17, 15) is 4.79 Å². The Kier molecular flexibility index (Phi) is 5.34. The Hall–Kier alpha value is -3.13. The predicted molar refractivity (Wildman–Crippen MR) is 112 cm³/mol. The van der Waals surface area contributed by atoms with Crippen molar-refractivity contribution in [1.82, 2.24) is 24.5 Å². The van der Waals surface area contributed by atoms with Crippen molar-refractivity contribution in [3.8, 4) is 11.4 Å². The van der Waals surface area contributed by atoms with Gasteiger partial charge in [-0.2, -0.15) is 10.2 Å². The molecule has 8 nitrogen and oxygen atoms in total. The first-order chi connectivity index (χ1) is 14.4. The molecule has 0 spiro atoms. The summed E-state index contributed by atoms with van der Waals surface area (Å²) in [6, 6.07) is 7.58. The highest BCUT2D eigenvalue weighted by Crippen LogP contribution is 2.32. The maximum absolute atomic E-state index is 13.4. The third kappa shape index (κ3) is 3.47. The molecule has 1 saturated heterocycles. The number of morpholine rings is 1. The fraction of sp³-hybridized carbons (Fsp3) is 0.409. The van der Waals surface area contributed by atoms with Crippen LogP contribution in [0.25, 0.3) is 5.69 Å². The van der Waals surface area contributed by atoms with Gasteiger partial charge in [0.2, 0.25) is 0 Å². The third-order valence-electron chi connectivity index (χ3n) is 5.61. The highest BCUT2D eigenvalue weighted by Gasteiger charge is 2.34. The molecule has 0 N–H and O–H groups in total. The molecule has 1 aromatic carbocycles. The van der Waals surface area contributed by atoms with Crippen LogP contribution >= 0.6 is 0 Å². The Bertz CT molecular complexity index is 1080. The molecule has 1 fully saturated rings. The van der Waals surface area contributed by atoms with Crippen LogP contribution in [0.5, 0.6) is 5.75 Å². The molecule has 1 aliphatic rings. The van der Waals surface area contributed by atoms with Crippen molar-refractivity contribution in [2.75, 3.05) is 26.9 Å². The van der Waals surface area contributed by atoms with Gasteiger partial charge in [0.15, 0.2) is 0 Å². The minimum absolute atomic E-state index is 0.0261. The van der Waals surface area contributed by atoms with Gasteiger partial charge in [0.05, 0.1) is 49.0 Å². The van der Waals surface area contributed by atoms with Crippen LogP contribution in [0.2, 0.25) is 0 Å². The van der Waals surface area contributed by atoms with Gasteiger partial charge >= 0.3 is 0 Å². The van der Waals surface area contributed by atoms with Gasteiger partial charge < -0.3 is 14.4 Å². The molecule has 0 bridgehead atoms. The van der Waals surface area contributed by atoms with E-state index in [0.717, 1.165) is 34.1 Å². The van der Waals surface area contributed by atoms with Crippen molar-refractivity contribution in [1.29, 1.82) is 0 Å². The number of amides is 1. The third-order valence-corrected chi connectivity index (χ3v) is 5.61. The summed E-state index contributed by atoms with van der Waals surface area (Å²) in [5.41, 5.74) is 5.16. The number of aryl methyl sites for hydroxylation is 3. The fourth-order valence-electron chi connectivity index (χ4n) is 4.18. The highest BCUT2D eigenvalue weighted by atomic mass is 16.5. The molecule has 3 heterocycles. The molecule has 8 heteroatoms. The fourth-order valence-corrected chi connectivity index (χ4v) is 4.18. The number of hydrogen-bond acceptors (Lipinski definition) is 5. The van der Waals surface area contributed by atoms with Crippen molar-refractivity contribution >= 4 is 5.91 Å². The summed E-state index contributed by atoms with van der Waals surface area (Å²) >= 11 is 0. The van der Waals surface area contributed by atoms with E-state index in [2.05, 4.69) is 5.10 Å². The molecule has 0 unspecified atom stereocenters. The number of nitrogens with zero attached hydrogens (tertiary/aromatic N) is 5. The average Bonchev–Trinajstić information content (AvgIpc) is 3.24. The molecule has 158 valence electrons. The van der Waals surface area contributed by atoms with E-state index in [1.54, 1.807) is 18.0 Å². The van der Waals surface area contributed by atoms with Gasteiger partial charge in [-0.15, -0.1) is 0 Å². The lowest BCUT2D eigenvalue weighted by atomic mass is 10.0. The number of benzene rings is 1. The van der Waals surface area contributed by atoms with Crippen LogP contribution in [0.3, 0.4) is 0 Å². The molecule has 1 amide bonds. The van der Waals surface area contributed by atoms with Crippen molar-refractivity contribution in [2.24, 2.45) is 7.05 Å². The zero-order valence-electron chi connectivity index (χ0n) is 18.0. The molecule has 2 aromatic heterocycles. The largest absolute Gasteiger partial charge is 0.497 e. The molecule has 0 saturated carbocycles. The van der Waals surface area contributed by atoms with Gasteiger partial charge in [0, 0.05) is 37.1 Å². The Labute approximate surface area is 176 Å². The van der Waals surface area contributed by atoms with Gasteiger partial charge in [-0.05, 0) is 32.9 Å². The number of carbonyl (C=O) groups excluding carboxylic acids is 1. The number of methoxy groups -OCH3 is 1. The molecule has 0 radical (unpaired) electrons. The van der Waals surface area contributed by atoms with Crippen molar-refractivity contribution in [2.45, 2.75) is 26.8 Å². The smallest absolute Gasteiger partial charge is 0.257 e. The predicted octanol–water partition coefficient (Wildman–Crippen LogP) is 2.75. The summed E-state index contributed by atoms with van der Waals surface area (Å²) in [7, 11) is 3.47. The summed E-state index contributed by atoms with van der Waals surface area (Å²) in [6.07, 6.45) is 1.78. The van der Waals surface area contributed by atoms with Gasteiger partial charge in [0.25, 0.3) is 5.91 Å². The number of rotatable bonds is 4. The van der Waals surface area contributed by atoms with Gasteiger partial charge in [-0.1, -0.05) is 6.07 Å². The lowest BCUT2D eigenvalue weighted by molar-refractivity contribution is -0.00308. The van der Waals surface area contributed by atoms with Crippen LogP contribution in [-0.2, 0) is 11.8 Å². The van der Waals surface area contributed by atoms with Crippen molar-refractivity contribution in [3.63, 3.8) is 0 Å². The SMILES string of the molecule is COc1cccc(-n2nc(C)c([C@@H]3COCCN3C(=O)c3cn(C)nc3C)c2C)c1. The van der Waals surface area contributed by atoms with Crippen LogP contribution in [0.4, 0.5) is 0 Å². The number of hydrogen-bond donors (Lipinski definition) is 0. The van der Waals surface area contributed by atoms with Crippen LogP contribution in [0.1, 0.15) is 39.0 Å². The first-order valence-electron chi connectivity index (χ1n) is 10.00. The summed E-state index contributed by atoms with van der Waals surface area (Å²) in [4.78, 5) is 15.3. The lowest BCUT2D eigenvalue weighted by Gasteiger charge is -2.36. The first kappa shape index (κ1) is 20.2. The summed E-state index contributed by atoms with van der Waals surface area (Å²) in [6.45, 7) is 7.36. The van der Waals surface area contributed by atoms with Crippen LogP contribution in [0.15, 0.2) is 30.5 Å². The summed E-state index contributed by atoms with van der Waals surface area (Å²) in [5.74, 6) is 0.744. The Morgan fingerprint density at radius 3 is 2.70 bits per heavy atom. The molecule has 4 rings (SSSR count). The standard InChI is InChI=1S/C22H27N5O3/c1-14-19(12-25(4)23-14)22(28)26-9-10-30-13-20(26)21-15(2)24-27(16(21)3)17-7-6-8-18(11-17)29-5/h6-8,11-12,20H,9-10,13H2,1-5H3/t20-/m0/s1. The molecular formula is C22H27N5O3. The Balaban J connectivity index is 1.73. The molecule has 0 aliphatic carbocycles. The van der Waals surface area contributed by atoms with Gasteiger partial charge in [-0.25, -0.2) is 4.68 Å². The zero-order chi connectivity index (χ0) is 21.4. The van der Waals surface area contributed by atoms with E-state index in [-0.39, 0.29) is 11.9 Å². The summed E-state index contributed by atoms with van der Waals surface area (Å²) in [5, 5.41) is 9.10. The number of carbonyl (C=O) groups is 1. The molecule has 1 aliphatic heterocycles. The van der Waals surface area contributed by atoms with Crippen molar-refractivity contribution in [3.05, 3.63) is 58.7 Å².